The summed E-state index contributed by atoms with van der Waals surface area (Å²) in [6, 6.07) is 35.8. The molecule has 9 rings (SSSR count). The van der Waals surface area contributed by atoms with E-state index in [-0.39, 0.29) is 35.4 Å². The maximum Gasteiger partial charge on any atom is 0.260 e. The Labute approximate surface area is 346 Å². The van der Waals surface area contributed by atoms with Gasteiger partial charge >= 0.3 is 0 Å². The van der Waals surface area contributed by atoms with Gasteiger partial charge in [-0.05, 0) is 110 Å². The maximum absolute atomic E-state index is 15.3. The Bertz CT molecular complexity index is 2560. The molecule has 59 heavy (non-hydrogen) atoms. The molecule has 5 aromatic carbocycles. The summed E-state index contributed by atoms with van der Waals surface area (Å²) in [7, 11) is 3.93. The van der Waals surface area contributed by atoms with Crippen LogP contribution in [0.25, 0.3) is 0 Å². The van der Waals surface area contributed by atoms with Crippen molar-refractivity contribution in [1.82, 2.24) is 5.01 Å². The second-order valence-corrected chi connectivity index (χ2v) is 16.3. The molecule has 6 unspecified atom stereocenters. The minimum atomic E-state index is -1.48. The molecule has 0 radical (unpaired) electrons. The van der Waals surface area contributed by atoms with Crippen molar-refractivity contribution >= 4 is 63.7 Å². The normalized spacial score (nSPS) is 24.9. The maximum atomic E-state index is 15.3. The van der Waals surface area contributed by atoms with Gasteiger partial charge in [0.15, 0.2) is 0 Å². The van der Waals surface area contributed by atoms with Gasteiger partial charge in [0.05, 0.1) is 45.9 Å². The molecule has 1 saturated carbocycles. The first-order valence-corrected chi connectivity index (χ1v) is 20.0. The Morgan fingerprint density at radius 3 is 2.08 bits per heavy atom. The number of aryl methyl sites for hydroxylation is 1. The number of carbonyl (C=O) groups is 4. The van der Waals surface area contributed by atoms with E-state index in [0.29, 0.717) is 33.9 Å². The molecule has 2 aliphatic carbocycles. The fourth-order valence-electron chi connectivity index (χ4n) is 9.70. The van der Waals surface area contributed by atoms with Gasteiger partial charge in [-0.3, -0.25) is 29.5 Å². The van der Waals surface area contributed by atoms with Gasteiger partial charge in [0.2, 0.25) is 11.8 Å². The van der Waals surface area contributed by atoms with Crippen LogP contribution in [-0.4, -0.2) is 47.8 Å². The molecule has 5 aromatic rings. The molecule has 2 N–H and O–H groups in total. The first-order valence-electron chi connectivity index (χ1n) is 19.6. The number of nitrogens with zero attached hydrogens (tertiary/aromatic N) is 5. The lowest BCUT2D eigenvalue weighted by molar-refractivity contribution is -0.138. The number of fused-ring (bicyclic) bond motifs is 4. The van der Waals surface area contributed by atoms with Crippen molar-refractivity contribution in [2.24, 2.45) is 33.9 Å². The van der Waals surface area contributed by atoms with Gasteiger partial charge in [-0.25, -0.2) is 0 Å². The summed E-state index contributed by atoms with van der Waals surface area (Å²) in [6.45, 7) is 1.95. The lowest BCUT2D eigenvalue weighted by Gasteiger charge is -2.50. The average molecular weight is 805 g/mol. The van der Waals surface area contributed by atoms with Crippen molar-refractivity contribution in [3.05, 3.63) is 155 Å². The Morgan fingerprint density at radius 1 is 0.780 bits per heavy atom. The van der Waals surface area contributed by atoms with Crippen LogP contribution in [0.15, 0.2) is 143 Å². The lowest BCUT2D eigenvalue weighted by Crippen LogP contribution is -2.53. The van der Waals surface area contributed by atoms with Crippen molar-refractivity contribution in [3.8, 4) is 5.75 Å². The van der Waals surface area contributed by atoms with Gasteiger partial charge < -0.3 is 10.0 Å². The van der Waals surface area contributed by atoms with Crippen molar-refractivity contribution in [3.63, 3.8) is 0 Å². The number of allylic oxidation sites excluding steroid dienone is 2. The van der Waals surface area contributed by atoms with Crippen molar-refractivity contribution in [2.75, 3.05) is 29.3 Å². The summed E-state index contributed by atoms with van der Waals surface area (Å²) < 4.78 is 0. The number of hydrazine groups is 1. The van der Waals surface area contributed by atoms with E-state index in [2.05, 4.69) is 15.7 Å². The highest BCUT2D eigenvalue weighted by Gasteiger charge is 2.70. The van der Waals surface area contributed by atoms with E-state index < -0.39 is 46.8 Å². The van der Waals surface area contributed by atoms with Gasteiger partial charge in [0.25, 0.3) is 11.8 Å². The molecule has 296 valence electrons. The van der Waals surface area contributed by atoms with Crippen LogP contribution in [0.5, 0.6) is 5.75 Å². The molecular formula is C47H41ClN6O5. The van der Waals surface area contributed by atoms with E-state index in [4.69, 9.17) is 11.6 Å². The zero-order valence-corrected chi connectivity index (χ0v) is 33.4. The summed E-state index contributed by atoms with van der Waals surface area (Å²) in [5.41, 5.74) is 7.85. The summed E-state index contributed by atoms with van der Waals surface area (Å²) in [4.78, 5) is 62.5. The number of anilines is 3. The molecule has 2 aliphatic heterocycles. The highest BCUT2D eigenvalue weighted by Crippen LogP contribution is 2.65. The number of imide groups is 2. The molecule has 2 heterocycles. The Balaban J connectivity index is 1.10. The van der Waals surface area contributed by atoms with Gasteiger partial charge in [-0.1, -0.05) is 77.3 Å². The molecule has 4 aliphatic rings. The van der Waals surface area contributed by atoms with E-state index in [0.717, 1.165) is 21.8 Å². The van der Waals surface area contributed by atoms with Crippen LogP contribution in [0.4, 0.5) is 28.4 Å². The highest BCUT2D eigenvalue weighted by molar-refractivity contribution is 6.31. The molecule has 3 fully saturated rings. The van der Waals surface area contributed by atoms with Gasteiger partial charge in [-0.15, -0.1) is 0 Å². The minimum absolute atomic E-state index is 0.0519. The molecule has 11 nitrogen and oxygen atoms in total. The van der Waals surface area contributed by atoms with Crippen LogP contribution in [0.1, 0.15) is 35.4 Å². The summed E-state index contributed by atoms with van der Waals surface area (Å²) >= 11 is 6.99. The topological polar surface area (TPSA) is 135 Å². The van der Waals surface area contributed by atoms with E-state index in [1.54, 1.807) is 30.3 Å². The van der Waals surface area contributed by atoms with Crippen LogP contribution in [0.2, 0.25) is 5.02 Å². The number of aromatic hydroxyl groups is 1. The monoisotopic (exact) mass is 804 g/mol. The fourth-order valence-corrected chi connectivity index (χ4v) is 9.98. The Kier molecular flexibility index (Phi) is 9.43. The molecule has 12 heteroatoms. The Morgan fingerprint density at radius 2 is 1.44 bits per heavy atom. The van der Waals surface area contributed by atoms with Crippen LogP contribution in [0.3, 0.4) is 0 Å². The molecule has 0 aromatic heterocycles. The van der Waals surface area contributed by atoms with Crippen molar-refractivity contribution in [1.29, 1.82) is 0 Å². The standard InChI is InChI=1S/C47H41ClN6O5/c1-27-9-11-31(12-10-27)51-54-44(57)39-26-38-35(42(36-22-21-34(55)25-40(36)48)47(39,46(54)59)28-7-5-4-6-8-28)23-24-37-41(38)45(58)53(43(37)56)33-19-15-30(16-20-33)50-49-29-13-17-32(18-14-29)52(2)3/h4-23,25,37-39,41-42,51,55H,24,26H2,1-3H3. The third-order valence-electron chi connectivity index (χ3n) is 12.4. The van der Waals surface area contributed by atoms with Gasteiger partial charge in [0.1, 0.15) is 5.75 Å². The SMILES string of the molecule is Cc1ccc(NN2C(=O)C3CC4C(=CCC5C(=O)N(c6ccc(N=Nc7ccc(N(C)C)cc7)cc6)C(=O)C54)C(c4ccc(O)cc4Cl)C3(c3ccccc3)C2=O)cc1. The van der Waals surface area contributed by atoms with Gasteiger partial charge in [-0.2, -0.15) is 15.2 Å². The molecule has 6 atom stereocenters. The average Bonchev–Trinajstić information content (AvgIpc) is 3.62. The Hall–Kier alpha value is -6.59. The van der Waals surface area contributed by atoms with Crippen molar-refractivity contribution < 1.29 is 24.3 Å². The lowest BCUT2D eigenvalue weighted by atomic mass is 9.49. The third kappa shape index (κ3) is 6.19. The molecule has 4 amide bonds. The zero-order chi connectivity index (χ0) is 41.2. The molecule has 0 bridgehead atoms. The van der Waals surface area contributed by atoms with Gasteiger partial charge in [0, 0.05) is 30.7 Å². The summed E-state index contributed by atoms with van der Waals surface area (Å²) in [5.74, 6) is -5.41. The van der Waals surface area contributed by atoms with Crippen LogP contribution in [-0.2, 0) is 24.6 Å². The highest BCUT2D eigenvalue weighted by atomic mass is 35.5. The number of halogens is 1. The number of nitrogens with one attached hydrogen (secondary N) is 1. The number of rotatable bonds is 8. The summed E-state index contributed by atoms with van der Waals surface area (Å²) in [5, 5.41) is 20.5. The minimum Gasteiger partial charge on any atom is -0.508 e. The second kappa shape index (κ2) is 14.7. The number of carbonyl (C=O) groups excluding carboxylic acids is 4. The number of hydrogen-bond donors (Lipinski definition) is 2. The van der Waals surface area contributed by atoms with E-state index >= 15 is 4.79 Å². The quantitative estimate of drug-likeness (QED) is 0.0908. The molecule has 0 spiro atoms. The van der Waals surface area contributed by atoms with Crippen LogP contribution >= 0.6 is 11.6 Å². The molecular weight excluding hydrogens is 764 g/mol. The smallest absolute Gasteiger partial charge is 0.260 e. The first kappa shape index (κ1) is 38.0. The molecule has 2 saturated heterocycles. The number of benzene rings is 5. The number of phenols is 1. The number of azo groups is 1. The predicted octanol–water partition coefficient (Wildman–Crippen LogP) is 9.02. The second-order valence-electron chi connectivity index (χ2n) is 15.9. The van der Waals surface area contributed by atoms with Crippen LogP contribution < -0.4 is 15.2 Å². The van der Waals surface area contributed by atoms with Crippen LogP contribution in [0, 0.1) is 30.6 Å². The predicted molar refractivity (Wildman–Crippen MR) is 226 cm³/mol. The number of amides is 4. The largest absolute Gasteiger partial charge is 0.508 e. The van der Waals surface area contributed by atoms with Crippen molar-refractivity contribution in [2.45, 2.75) is 31.1 Å². The zero-order valence-electron chi connectivity index (χ0n) is 32.6. The number of hydrogen-bond acceptors (Lipinski definition) is 9. The third-order valence-corrected chi connectivity index (χ3v) is 12.8. The number of phenolic OH excluding ortho intramolecular Hbond substituents is 1. The van der Waals surface area contributed by atoms with E-state index in [9.17, 15) is 19.5 Å². The fraction of sp³-hybridized carbons (Fsp3) is 0.234. The van der Waals surface area contributed by atoms with E-state index in [1.165, 1.54) is 17.0 Å². The van der Waals surface area contributed by atoms with E-state index in [1.807, 2.05) is 111 Å². The first-order chi connectivity index (χ1) is 28.5. The summed E-state index contributed by atoms with van der Waals surface area (Å²) in [6.07, 6.45) is 2.38.